The van der Waals surface area contributed by atoms with Crippen LogP contribution in [0.15, 0.2) is 108 Å². The predicted octanol–water partition coefficient (Wildman–Crippen LogP) is 7.01. The molecule has 4 N–H and O–H groups in total. The van der Waals surface area contributed by atoms with E-state index in [4.69, 9.17) is 4.74 Å². The van der Waals surface area contributed by atoms with Crippen LogP contribution in [0.2, 0.25) is 0 Å². The van der Waals surface area contributed by atoms with E-state index in [1.54, 1.807) is 91.9 Å². The van der Waals surface area contributed by atoms with Gasteiger partial charge in [0.15, 0.2) is 0 Å². The van der Waals surface area contributed by atoms with Crippen molar-refractivity contribution in [3.63, 3.8) is 0 Å². The minimum absolute atomic E-state index is 0.0424. The van der Waals surface area contributed by atoms with Crippen LogP contribution in [0.3, 0.4) is 0 Å². The predicted molar refractivity (Wildman–Crippen MR) is 181 cm³/mol. The Balaban J connectivity index is 1.51. The number of hydrogen-bond acceptors (Lipinski definition) is 6. The number of carbonyl (C=O) groups is 4. The second kappa shape index (κ2) is 16.1. The maximum atomic E-state index is 13.5. The molecule has 0 aromatic heterocycles. The van der Waals surface area contributed by atoms with Gasteiger partial charge in [-0.1, -0.05) is 49.4 Å². The van der Waals surface area contributed by atoms with E-state index >= 15 is 0 Å². The third kappa shape index (κ3) is 9.33. The first-order valence-corrected chi connectivity index (χ1v) is 15.6. The SMILES string of the molecule is CCOc1ccc(/C=C(/NC(=O)c2ccccc2)C(=O)Nc2cccc(SC(CC)C(=O)Nc3cc(C(=O)O)ccc3C)c2)cc1. The largest absolute Gasteiger partial charge is 0.494 e. The molecule has 0 fully saturated rings. The summed E-state index contributed by atoms with van der Waals surface area (Å²) in [5.74, 6) is -1.61. The van der Waals surface area contributed by atoms with Crippen LogP contribution in [0, 0.1) is 6.92 Å². The molecule has 0 saturated heterocycles. The van der Waals surface area contributed by atoms with Gasteiger partial charge in [-0.3, -0.25) is 14.4 Å². The van der Waals surface area contributed by atoms with Crippen LogP contribution in [-0.2, 0) is 9.59 Å². The minimum atomic E-state index is -1.08. The first-order chi connectivity index (χ1) is 22.2. The highest BCUT2D eigenvalue weighted by atomic mass is 32.2. The molecule has 3 amide bonds. The van der Waals surface area contributed by atoms with Crippen LogP contribution in [0.4, 0.5) is 11.4 Å². The molecular formula is C36H35N3O6S. The fourth-order valence-corrected chi connectivity index (χ4v) is 5.38. The van der Waals surface area contributed by atoms with Crippen molar-refractivity contribution in [2.24, 2.45) is 0 Å². The molecule has 0 saturated carbocycles. The van der Waals surface area contributed by atoms with Crippen molar-refractivity contribution in [2.45, 2.75) is 37.3 Å². The maximum Gasteiger partial charge on any atom is 0.335 e. The normalized spacial score (nSPS) is 11.7. The van der Waals surface area contributed by atoms with Gasteiger partial charge >= 0.3 is 5.97 Å². The van der Waals surface area contributed by atoms with Gasteiger partial charge in [0.05, 0.1) is 17.4 Å². The third-order valence-corrected chi connectivity index (χ3v) is 8.16. The molecule has 0 aliphatic rings. The fourth-order valence-electron chi connectivity index (χ4n) is 4.37. The van der Waals surface area contributed by atoms with Gasteiger partial charge in [0.25, 0.3) is 11.8 Å². The Labute approximate surface area is 272 Å². The molecule has 0 aliphatic heterocycles. The van der Waals surface area contributed by atoms with Gasteiger partial charge in [-0.25, -0.2) is 4.79 Å². The number of carbonyl (C=O) groups excluding carboxylic acids is 3. The van der Waals surface area contributed by atoms with Crippen LogP contribution in [0.1, 0.15) is 52.1 Å². The van der Waals surface area contributed by atoms with Gasteiger partial charge in [0, 0.05) is 21.8 Å². The molecule has 1 atom stereocenters. The van der Waals surface area contributed by atoms with E-state index in [1.165, 1.54) is 23.9 Å². The Hall–Kier alpha value is -5.35. The standard InChI is InChI=1S/C36H35N3O6S/c1-4-32(35(42)38-30-21-26(36(43)44)17-14-23(30)3)46-29-13-9-12-27(22-29)37-34(41)31(39-33(40)25-10-7-6-8-11-25)20-24-15-18-28(19-16-24)45-5-2/h6-22,32H,4-5H2,1-3H3,(H,37,41)(H,38,42)(H,39,40)(H,43,44)/b31-20+. The summed E-state index contributed by atoms with van der Waals surface area (Å²) in [6.07, 6.45) is 2.09. The topological polar surface area (TPSA) is 134 Å². The molecule has 0 bridgehead atoms. The smallest absolute Gasteiger partial charge is 0.335 e. The van der Waals surface area contributed by atoms with E-state index in [1.807, 2.05) is 19.9 Å². The first-order valence-electron chi connectivity index (χ1n) is 14.7. The zero-order chi connectivity index (χ0) is 33.1. The molecule has 0 spiro atoms. The molecule has 1 unspecified atom stereocenters. The van der Waals surface area contributed by atoms with Crippen molar-refractivity contribution in [3.05, 3.63) is 125 Å². The average Bonchev–Trinajstić information content (AvgIpc) is 3.05. The monoisotopic (exact) mass is 637 g/mol. The summed E-state index contributed by atoms with van der Waals surface area (Å²) in [4.78, 5) is 51.8. The number of ether oxygens (including phenoxy) is 1. The number of benzene rings is 4. The van der Waals surface area contributed by atoms with E-state index in [0.29, 0.717) is 41.3 Å². The Kier molecular flexibility index (Phi) is 11.7. The number of anilines is 2. The number of aromatic carboxylic acids is 1. The minimum Gasteiger partial charge on any atom is -0.494 e. The van der Waals surface area contributed by atoms with Crippen molar-refractivity contribution in [3.8, 4) is 5.75 Å². The van der Waals surface area contributed by atoms with Crippen LogP contribution >= 0.6 is 11.8 Å². The van der Waals surface area contributed by atoms with Crippen molar-refractivity contribution in [1.82, 2.24) is 5.32 Å². The molecule has 9 nitrogen and oxygen atoms in total. The zero-order valence-electron chi connectivity index (χ0n) is 25.7. The molecule has 4 rings (SSSR count). The maximum absolute atomic E-state index is 13.5. The van der Waals surface area contributed by atoms with Gasteiger partial charge in [-0.05, 0) is 92.1 Å². The molecule has 0 heterocycles. The molecule has 236 valence electrons. The quantitative estimate of drug-likeness (QED) is 0.0915. The zero-order valence-corrected chi connectivity index (χ0v) is 26.5. The lowest BCUT2D eigenvalue weighted by atomic mass is 10.1. The molecule has 4 aromatic rings. The first kappa shape index (κ1) is 33.5. The number of carboxylic acid groups (broad SMARTS) is 1. The van der Waals surface area contributed by atoms with E-state index in [-0.39, 0.29) is 17.2 Å². The van der Waals surface area contributed by atoms with E-state index in [2.05, 4.69) is 16.0 Å². The highest BCUT2D eigenvalue weighted by Gasteiger charge is 2.20. The van der Waals surface area contributed by atoms with E-state index < -0.39 is 23.0 Å². The Morgan fingerprint density at radius 1 is 0.848 bits per heavy atom. The summed E-state index contributed by atoms with van der Waals surface area (Å²) in [5.41, 5.74) is 2.88. The molecule has 0 aliphatic carbocycles. The van der Waals surface area contributed by atoms with Crippen molar-refractivity contribution < 1.29 is 29.0 Å². The van der Waals surface area contributed by atoms with Crippen molar-refractivity contribution in [2.75, 3.05) is 17.2 Å². The molecule has 0 radical (unpaired) electrons. The number of thioether (sulfide) groups is 1. The van der Waals surface area contributed by atoms with Crippen molar-refractivity contribution in [1.29, 1.82) is 0 Å². The number of carboxylic acids is 1. The summed E-state index contributed by atoms with van der Waals surface area (Å²) in [6, 6.07) is 27.4. The number of nitrogens with one attached hydrogen (secondary N) is 3. The van der Waals surface area contributed by atoms with Gasteiger partial charge < -0.3 is 25.8 Å². The summed E-state index contributed by atoms with van der Waals surface area (Å²) < 4.78 is 5.51. The van der Waals surface area contributed by atoms with Crippen LogP contribution < -0.4 is 20.7 Å². The van der Waals surface area contributed by atoms with E-state index in [9.17, 15) is 24.3 Å². The second-order valence-electron chi connectivity index (χ2n) is 10.2. The van der Waals surface area contributed by atoms with Gasteiger partial charge in [-0.15, -0.1) is 11.8 Å². The van der Waals surface area contributed by atoms with Crippen LogP contribution in [-0.4, -0.2) is 40.7 Å². The van der Waals surface area contributed by atoms with Gasteiger partial charge in [0.1, 0.15) is 11.4 Å². The number of rotatable bonds is 13. The molecule has 4 aromatic carbocycles. The Morgan fingerprint density at radius 2 is 1.59 bits per heavy atom. The van der Waals surface area contributed by atoms with Crippen LogP contribution in [0.25, 0.3) is 6.08 Å². The average molecular weight is 638 g/mol. The molecule has 10 heteroatoms. The highest BCUT2D eigenvalue weighted by Crippen LogP contribution is 2.29. The summed E-state index contributed by atoms with van der Waals surface area (Å²) in [7, 11) is 0. The van der Waals surface area contributed by atoms with Gasteiger partial charge in [-0.2, -0.15) is 0 Å². The lowest BCUT2D eigenvalue weighted by Crippen LogP contribution is -2.30. The highest BCUT2D eigenvalue weighted by molar-refractivity contribution is 8.00. The molecule has 46 heavy (non-hydrogen) atoms. The fraction of sp³-hybridized carbons (Fsp3) is 0.167. The third-order valence-electron chi connectivity index (χ3n) is 6.81. The summed E-state index contributed by atoms with van der Waals surface area (Å²) in [5, 5.41) is 17.3. The lowest BCUT2D eigenvalue weighted by Gasteiger charge is -2.17. The van der Waals surface area contributed by atoms with E-state index in [0.717, 1.165) is 10.5 Å². The summed E-state index contributed by atoms with van der Waals surface area (Å²) in [6.45, 7) is 6.10. The summed E-state index contributed by atoms with van der Waals surface area (Å²) >= 11 is 1.32. The Morgan fingerprint density at radius 3 is 2.26 bits per heavy atom. The van der Waals surface area contributed by atoms with Crippen LogP contribution in [0.5, 0.6) is 5.75 Å². The number of amides is 3. The Bertz CT molecular complexity index is 1740. The van der Waals surface area contributed by atoms with Gasteiger partial charge in [0.2, 0.25) is 5.91 Å². The number of aryl methyl sites for hydroxylation is 1. The number of hydrogen-bond donors (Lipinski definition) is 4. The van der Waals surface area contributed by atoms with Crippen molar-refractivity contribution >= 4 is 52.9 Å². The molecular weight excluding hydrogens is 602 g/mol. The second-order valence-corrected chi connectivity index (χ2v) is 11.5. The lowest BCUT2D eigenvalue weighted by molar-refractivity contribution is -0.116.